The van der Waals surface area contributed by atoms with Crippen LogP contribution in [0.1, 0.15) is 418 Å². The third kappa shape index (κ3) is 73.2. The second-order valence-electron chi connectivity index (χ2n) is 28.7. The summed E-state index contributed by atoms with van der Waals surface area (Å²) in [6.45, 7) is 4.95. The Hall–Kier alpha value is -2.23. The van der Waals surface area contributed by atoms with Crippen molar-refractivity contribution in [2.45, 2.75) is 431 Å². The van der Waals surface area contributed by atoms with Gasteiger partial charge in [0.25, 0.3) is 6.29 Å². The van der Waals surface area contributed by atoms with Crippen molar-refractivity contribution in [2.24, 2.45) is 0 Å². The van der Waals surface area contributed by atoms with Crippen LogP contribution in [0.15, 0.2) is 24.3 Å². The summed E-state index contributed by atoms with van der Waals surface area (Å²) < 4.78 is 23.0. The van der Waals surface area contributed by atoms with Gasteiger partial charge in [0.15, 0.2) is 6.10 Å². The predicted octanol–water partition coefficient (Wildman–Crippen LogP) is 25.3. The highest BCUT2D eigenvalue weighted by molar-refractivity contribution is 5.71. The van der Waals surface area contributed by atoms with Gasteiger partial charge in [-0.3, -0.25) is 9.59 Å². The van der Waals surface area contributed by atoms with E-state index in [1.807, 2.05) is 21.1 Å². The van der Waals surface area contributed by atoms with E-state index in [1.54, 1.807) is 0 Å². The molecule has 0 heterocycles. The largest absolute Gasteiger partial charge is 0.477 e. The SMILES string of the molecule is CCCCCCC/C=C\C/C=C\CCCCCCCCCCCCCCCC(=O)OC(COC(=O)CCCCCCCCCCCCCCCCCCCCCCCCCCCCCCCCCCCCCCCCCC)COC(OCC[N+](C)(C)C)C(=O)O. The Morgan fingerprint density at radius 2 is 0.600 bits per heavy atom. The molecule has 0 bridgehead atoms. The molecule has 2 atom stereocenters. The Bertz CT molecular complexity index is 1530. The standard InChI is InChI=1S/C81H155NO8/c1-6-8-10-12-14-16-18-20-22-24-26-28-30-32-33-34-35-36-37-38-39-40-41-42-43-44-45-46-48-49-51-53-55-57-59-61-63-65-67-69-71-78(83)88-75-77(76-89-81(80(85)86)87-74-73-82(3,4)5)90-79(84)72-70-68-66-64-62-60-58-56-54-52-50-47-31-29-27-25-23-21-19-17-15-13-11-9-7-2/h19,21,25,27,77,81H,6-18,20,22-24,26,28-76H2,1-5H3/p+1/b21-19-,27-25-. The monoisotopic (exact) mass is 1270 g/mol. The van der Waals surface area contributed by atoms with Gasteiger partial charge in [-0.25, -0.2) is 4.79 Å². The Morgan fingerprint density at radius 1 is 0.333 bits per heavy atom. The number of carbonyl (C=O) groups excluding carboxylic acids is 2. The van der Waals surface area contributed by atoms with Crippen LogP contribution in [0.25, 0.3) is 0 Å². The maximum absolute atomic E-state index is 13.0. The van der Waals surface area contributed by atoms with E-state index in [-0.39, 0.29) is 38.2 Å². The molecular weight excluding hydrogens is 1110 g/mol. The lowest BCUT2D eigenvalue weighted by molar-refractivity contribution is -0.870. The van der Waals surface area contributed by atoms with Crippen LogP contribution in [0.3, 0.4) is 0 Å². The van der Waals surface area contributed by atoms with Crippen molar-refractivity contribution in [3.63, 3.8) is 0 Å². The minimum absolute atomic E-state index is 0.176. The second kappa shape index (κ2) is 72.6. The van der Waals surface area contributed by atoms with Crippen molar-refractivity contribution in [3.8, 4) is 0 Å². The molecule has 1 N–H and O–H groups in total. The summed E-state index contributed by atoms with van der Waals surface area (Å²) in [6.07, 6.45) is 89.2. The zero-order valence-electron chi connectivity index (χ0n) is 61.1. The highest BCUT2D eigenvalue weighted by atomic mass is 16.7. The van der Waals surface area contributed by atoms with Gasteiger partial charge in [0.05, 0.1) is 34.4 Å². The van der Waals surface area contributed by atoms with Gasteiger partial charge in [-0.15, -0.1) is 0 Å². The van der Waals surface area contributed by atoms with Crippen molar-refractivity contribution >= 4 is 17.9 Å². The number of hydrogen-bond donors (Lipinski definition) is 1. The minimum Gasteiger partial charge on any atom is -0.477 e. The molecule has 9 nitrogen and oxygen atoms in total. The maximum Gasteiger partial charge on any atom is 0.361 e. The van der Waals surface area contributed by atoms with Crippen molar-refractivity contribution in [3.05, 3.63) is 24.3 Å². The summed E-state index contributed by atoms with van der Waals surface area (Å²) in [5.74, 6) is -1.97. The van der Waals surface area contributed by atoms with Crippen LogP contribution in [-0.2, 0) is 33.3 Å². The average Bonchev–Trinajstić information content (AvgIpc) is 3.73. The number of carboxylic acid groups (broad SMARTS) is 1. The topological polar surface area (TPSA) is 108 Å². The van der Waals surface area contributed by atoms with Crippen molar-refractivity contribution in [1.82, 2.24) is 0 Å². The minimum atomic E-state index is -1.51. The lowest BCUT2D eigenvalue weighted by Gasteiger charge is -2.25. The molecule has 2 unspecified atom stereocenters. The fourth-order valence-electron chi connectivity index (χ4n) is 12.3. The summed E-state index contributed by atoms with van der Waals surface area (Å²) in [5.41, 5.74) is 0. The van der Waals surface area contributed by atoms with E-state index in [0.29, 0.717) is 17.4 Å². The molecule has 532 valence electrons. The summed E-state index contributed by atoms with van der Waals surface area (Å²) in [5, 5.41) is 9.76. The van der Waals surface area contributed by atoms with Crippen molar-refractivity contribution < 1.29 is 42.9 Å². The van der Waals surface area contributed by atoms with Gasteiger partial charge in [0, 0.05) is 12.8 Å². The first-order valence-electron chi connectivity index (χ1n) is 40.0. The average molecular weight is 1270 g/mol. The van der Waals surface area contributed by atoms with Crippen LogP contribution in [-0.4, -0.2) is 87.4 Å². The van der Waals surface area contributed by atoms with Gasteiger partial charge in [-0.2, -0.15) is 0 Å². The van der Waals surface area contributed by atoms with Crippen molar-refractivity contribution in [2.75, 3.05) is 47.5 Å². The van der Waals surface area contributed by atoms with Gasteiger partial charge in [0.1, 0.15) is 13.2 Å². The number of nitrogens with zero attached hydrogens (tertiary/aromatic N) is 1. The first-order chi connectivity index (χ1) is 44.1. The molecule has 0 radical (unpaired) electrons. The summed E-state index contributed by atoms with van der Waals surface area (Å²) in [7, 11) is 6.00. The zero-order chi connectivity index (χ0) is 65.4. The lowest BCUT2D eigenvalue weighted by atomic mass is 10.0. The van der Waals surface area contributed by atoms with E-state index in [9.17, 15) is 19.5 Å². The Labute approximate surface area is 560 Å². The smallest absolute Gasteiger partial charge is 0.361 e. The number of unbranched alkanes of at least 4 members (excludes halogenated alkanes) is 57. The van der Waals surface area contributed by atoms with Crippen LogP contribution in [0, 0.1) is 0 Å². The normalized spacial score (nSPS) is 12.7. The highest BCUT2D eigenvalue weighted by Crippen LogP contribution is 2.20. The first kappa shape index (κ1) is 87.8. The number of likely N-dealkylation sites (N-methyl/N-ethyl adjacent to an activating group) is 1. The van der Waals surface area contributed by atoms with Crippen LogP contribution in [0.5, 0.6) is 0 Å². The van der Waals surface area contributed by atoms with Gasteiger partial charge in [0.2, 0.25) is 0 Å². The molecule has 0 aliphatic carbocycles. The van der Waals surface area contributed by atoms with Crippen LogP contribution in [0.2, 0.25) is 0 Å². The van der Waals surface area contributed by atoms with Gasteiger partial charge < -0.3 is 28.5 Å². The van der Waals surface area contributed by atoms with E-state index in [4.69, 9.17) is 18.9 Å². The number of esters is 2. The van der Waals surface area contributed by atoms with Gasteiger partial charge in [-0.05, 0) is 44.9 Å². The summed E-state index contributed by atoms with van der Waals surface area (Å²) >= 11 is 0. The number of carboxylic acids is 1. The van der Waals surface area contributed by atoms with Crippen LogP contribution >= 0.6 is 0 Å². The fraction of sp³-hybridized carbons (Fsp3) is 0.914. The fourth-order valence-corrected chi connectivity index (χ4v) is 12.3. The molecule has 0 fully saturated rings. The summed E-state index contributed by atoms with van der Waals surface area (Å²) in [4.78, 5) is 37.7. The lowest BCUT2D eigenvalue weighted by Crippen LogP contribution is -2.40. The molecule has 0 spiro atoms. The van der Waals surface area contributed by atoms with Crippen LogP contribution in [0.4, 0.5) is 0 Å². The predicted molar refractivity (Wildman–Crippen MR) is 388 cm³/mol. The van der Waals surface area contributed by atoms with E-state index in [2.05, 4.69) is 38.2 Å². The van der Waals surface area contributed by atoms with E-state index >= 15 is 0 Å². The molecule has 0 aromatic heterocycles. The number of carbonyl (C=O) groups is 3. The number of rotatable bonds is 76. The zero-order valence-corrected chi connectivity index (χ0v) is 61.1. The molecule has 0 amide bonds. The number of hydrogen-bond acceptors (Lipinski definition) is 7. The molecule has 0 aromatic rings. The van der Waals surface area contributed by atoms with Gasteiger partial charge >= 0.3 is 17.9 Å². The van der Waals surface area contributed by atoms with Crippen LogP contribution < -0.4 is 0 Å². The molecular formula is C81H156NO8+. The van der Waals surface area contributed by atoms with E-state index in [1.165, 1.54) is 347 Å². The molecule has 90 heavy (non-hydrogen) atoms. The van der Waals surface area contributed by atoms with Gasteiger partial charge in [-0.1, -0.05) is 385 Å². The highest BCUT2D eigenvalue weighted by Gasteiger charge is 2.25. The number of aliphatic carboxylic acids is 1. The Balaban J connectivity index is 3.91. The third-order valence-corrected chi connectivity index (χ3v) is 18.5. The molecule has 0 aliphatic heterocycles. The molecule has 0 aromatic carbocycles. The second-order valence-corrected chi connectivity index (χ2v) is 28.7. The Morgan fingerprint density at radius 3 is 0.878 bits per heavy atom. The third-order valence-electron chi connectivity index (χ3n) is 18.5. The molecule has 0 aliphatic rings. The number of quaternary nitrogens is 1. The van der Waals surface area contributed by atoms with E-state index in [0.717, 1.165) is 44.9 Å². The number of ether oxygens (including phenoxy) is 4. The molecule has 9 heteroatoms. The molecule has 0 saturated carbocycles. The maximum atomic E-state index is 13.0. The van der Waals surface area contributed by atoms with Crippen molar-refractivity contribution in [1.29, 1.82) is 0 Å². The summed E-state index contributed by atoms with van der Waals surface area (Å²) in [6, 6.07) is 0. The first-order valence-corrected chi connectivity index (χ1v) is 40.0. The quantitative estimate of drug-likeness (QED) is 0.0211. The molecule has 0 saturated heterocycles. The molecule has 0 rings (SSSR count). The van der Waals surface area contributed by atoms with E-state index < -0.39 is 18.4 Å². The Kier molecular flexibility index (Phi) is 70.8. The number of allylic oxidation sites excluding steroid dienone is 4.